The Labute approximate surface area is 217 Å². The Balaban J connectivity index is 0.00000342. The second kappa shape index (κ2) is 13.4. The first-order chi connectivity index (χ1) is 16.6. The van der Waals surface area contributed by atoms with E-state index in [-0.39, 0.29) is 54.5 Å². The smallest absolute Gasteiger partial charge is 0.861 e. The number of benzene rings is 2. The summed E-state index contributed by atoms with van der Waals surface area (Å²) in [6.07, 6.45) is 7.33. The Hall–Kier alpha value is -3.45. The molecule has 0 bridgehead atoms. The van der Waals surface area contributed by atoms with Gasteiger partial charge in [-0.3, -0.25) is 0 Å². The van der Waals surface area contributed by atoms with Crippen LogP contribution < -0.4 is 10.2 Å². The molecule has 2 aliphatic rings. The summed E-state index contributed by atoms with van der Waals surface area (Å²) in [5.74, 6) is -0.552. The van der Waals surface area contributed by atoms with Crippen LogP contribution in [-0.2, 0) is 29.6 Å². The van der Waals surface area contributed by atoms with Crippen LogP contribution in [0.1, 0.15) is 11.1 Å². The molecule has 2 aliphatic heterocycles. The topological polar surface area (TPSA) is 83.8 Å². The van der Waals surface area contributed by atoms with Gasteiger partial charge in [0.25, 0.3) is 0 Å². The maximum Gasteiger partial charge on any atom is 2.00 e. The zero-order valence-corrected chi connectivity index (χ0v) is 20.1. The molecule has 4 radical (unpaired) electrons. The quantitative estimate of drug-likeness (QED) is 0.194. The van der Waals surface area contributed by atoms with Crippen LogP contribution >= 0.6 is 0 Å². The zero-order valence-electron chi connectivity index (χ0n) is 19.1. The van der Waals surface area contributed by atoms with Gasteiger partial charge in [0.2, 0.25) is 13.3 Å². The minimum atomic E-state index is -0.276. The number of hydrogen-bond donors (Lipinski definition) is 0. The summed E-state index contributed by atoms with van der Waals surface area (Å²) in [4.78, 5) is 15.1. The van der Waals surface area contributed by atoms with Crippen molar-refractivity contribution in [3.8, 4) is 0 Å². The van der Waals surface area contributed by atoms with E-state index < -0.39 is 0 Å². The molecule has 182 valence electrons. The molecule has 2 aromatic rings. The van der Waals surface area contributed by atoms with E-state index >= 15 is 0 Å². The van der Waals surface area contributed by atoms with Crippen molar-refractivity contribution in [2.45, 2.75) is 13.1 Å². The van der Waals surface area contributed by atoms with Gasteiger partial charge in [-0.05, 0) is 22.9 Å². The molecule has 9 heteroatoms. The summed E-state index contributed by atoms with van der Waals surface area (Å²) in [5, 5.41) is 24.2. The number of nitrogens with zero attached hydrogens (tertiary/aromatic N) is 6. The zero-order chi connectivity index (χ0) is 23.6. The second-order valence-corrected chi connectivity index (χ2v) is 7.83. The van der Waals surface area contributed by atoms with Crippen molar-refractivity contribution in [1.82, 2.24) is 19.6 Å². The molecule has 0 aromatic heterocycles. The number of rotatable bonds is 11. The minimum absolute atomic E-state index is 0. The van der Waals surface area contributed by atoms with Crippen molar-refractivity contribution in [1.29, 1.82) is 0 Å². The van der Waals surface area contributed by atoms with Gasteiger partial charge in [-0.1, -0.05) is 60.7 Å². The first-order valence-corrected chi connectivity index (χ1v) is 11.1. The molecule has 0 fully saturated rings. The fraction of sp³-hybridized carbons (Fsp3) is 0.231. The van der Waals surface area contributed by atoms with E-state index in [4.69, 9.17) is 0 Å². The SMILES string of the molecule is [Ni+2].[O-]C(CN1[C]N(Cc2ccccc2)C=C1)=NCCN=C([O-])CN1[C]N(Cc2ccccc2)C=C1. The third-order valence-electron chi connectivity index (χ3n) is 5.05. The van der Waals surface area contributed by atoms with Crippen LogP contribution in [0.25, 0.3) is 0 Å². The second-order valence-electron chi connectivity index (χ2n) is 7.83. The molecule has 2 heterocycles. The third kappa shape index (κ3) is 8.69. The summed E-state index contributed by atoms with van der Waals surface area (Å²) < 4.78 is 0. The van der Waals surface area contributed by atoms with Gasteiger partial charge < -0.3 is 39.8 Å². The van der Waals surface area contributed by atoms with Crippen molar-refractivity contribution in [3.63, 3.8) is 0 Å². The Morgan fingerprint density at radius 3 is 1.37 bits per heavy atom. The van der Waals surface area contributed by atoms with Gasteiger partial charge in [-0.2, -0.15) is 0 Å². The minimum Gasteiger partial charge on any atom is -0.861 e. The number of hydrogen-bond acceptors (Lipinski definition) is 8. The van der Waals surface area contributed by atoms with Gasteiger partial charge >= 0.3 is 16.5 Å². The summed E-state index contributed by atoms with van der Waals surface area (Å²) in [6, 6.07) is 20.1. The van der Waals surface area contributed by atoms with Gasteiger partial charge in [0.15, 0.2) is 0 Å². The molecule has 8 nitrogen and oxygen atoms in total. The molecule has 4 rings (SSSR count). The molecule has 0 N–H and O–H groups in total. The monoisotopic (exact) mass is 512 g/mol. The summed E-state index contributed by atoms with van der Waals surface area (Å²) in [6.45, 7) is 8.17. The van der Waals surface area contributed by atoms with E-state index in [1.807, 2.05) is 82.9 Å². The first kappa shape index (κ1) is 26.2. The summed E-state index contributed by atoms with van der Waals surface area (Å²) in [7, 11) is 0. The molecule has 0 amide bonds. The van der Waals surface area contributed by atoms with Crippen molar-refractivity contribution in [2.24, 2.45) is 9.98 Å². The summed E-state index contributed by atoms with van der Waals surface area (Å²) in [5.41, 5.74) is 2.32. The molecule has 35 heavy (non-hydrogen) atoms. The molecular formula is C26H26N6NiO2. The van der Waals surface area contributed by atoms with Crippen LogP contribution in [0, 0.1) is 13.3 Å². The van der Waals surface area contributed by atoms with E-state index in [1.54, 1.807) is 22.2 Å². The molecule has 2 aromatic carbocycles. The normalized spacial score (nSPS) is 15.8. The average molecular weight is 513 g/mol. The van der Waals surface area contributed by atoms with Crippen molar-refractivity contribution in [2.75, 3.05) is 26.2 Å². The number of aliphatic imine (C=N–C) groups is 2. The molecule has 0 aliphatic carbocycles. The van der Waals surface area contributed by atoms with E-state index in [2.05, 4.69) is 23.3 Å². The third-order valence-corrected chi connectivity index (χ3v) is 5.05. The Bertz CT molecular complexity index is 945. The predicted molar refractivity (Wildman–Crippen MR) is 127 cm³/mol. The fourth-order valence-corrected chi connectivity index (χ4v) is 3.44. The van der Waals surface area contributed by atoms with Gasteiger partial charge in [0, 0.05) is 51.0 Å². The largest absolute Gasteiger partial charge is 2.00 e. The molecular weight excluding hydrogens is 487 g/mol. The molecule has 0 saturated heterocycles. The average Bonchev–Trinajstić information content (AvgIpc) is 3.47. The standard InChI is InChI=1S/C26H28N6O2.Ni/c33-25(19-31-15-13-29(21-31)17-23-7-3-1-4-8-23)27-11-12-28-26(34)20-32-16-14-30(22-32)18-24-9-5-2-6-10-24;/h1-10,13-16H,11-12,17-20H2,(H,27,33)(H,28,34);/q;+2/p-2. The van der Waals surface area contributed by atoms with Crippen molar-refractivity contribution < 1.29 is 26.7 Å². The maximum atomic E-state index is 12.1. The van der Waals surface area contributed by atoms with Crippen LogP contribution in [-0.4, -0.2) is 57.6 Å². The van der Waals surface area contributed by atoms with Gasteiger partial charge in [0.05, 0.1) is 13.1 Å². The Morgan fingerprint density at radius 2 is 0.971 bits per heavy atom. The van der Waals surface area contributed by atoms with E-state index in [1.165, 1.54) is 0 Å². The van der Waals surface area contributed by atoms with Crippen LogP contribution in [0.15, 0.2) is 95.4 Å². The predicted octanol–water partition coefficient (Wildman–Crippen LogP) is 1.07. The maximum absolute atomic E-state index is 12.1. The van der Waals surface area contributed by atoms with Crippen LogP contribution in [0.3, 0.4) is 0 Å². The first-order valence-electron chi connectivity index (χ1n) is 11.1. The molecule has 0 atom stereocenters. The van der Waals surface area contributed by atoms with E-state index in [0.717, 1.165) is 11.1 Å². The van der Waals surface area contributed by atoms with E-state index in [9.17, 15) is 10.2 Å². The summed E-state index contributed by atoms with van der Waals surface area (Å²) >= 11 is 0. The van der Waals surface area contributed by atoms with Crippen molar-refractivity contribution in [3.05, 3.63) is 110 Å². The van der Waals surface area contributed by atoms with Crippen LogP contribution in [0.2, 0.25) is 0 Å². The van der Waals surface area contributed by atoms with Crippen molar-refractivity contribution >= 4 is 11.8 Å². The fourth-order valence-electron chi connectivity index (χ4n) is 3.44. The molecule has 0 spiro atoms. The molecule has 0 saturated carbocycles. The van der Waals surface area contributed by atoms with E-state index in [0.29, 0.717) is 13.1 Å². The Morgan fingerprint density at radius 1 is 0.600 bits per heavy atom. The van der Waals surface area contributed by atoms with Crippen LogP contribution in [0.5, 0.6) is 0 Å². The van der Waals surface area contributed by atoms with Gasteiger partial charge in [-0.15, -0.1) is 0 Å². The Kier molecular flexibility index (Phi) is 10.0. The van der Waals surface area contributed by atoms with Gasteiger partial charge in [-0.25, -0.2) is 0 Å². The van der Waals surface area contributed by atoms with Crippen LogP contribution in [0.4, 0.5) is 0 Å². The van der Waals surface area contributed by atoms with Gasteiger partial charge in [0.1, 0.15) is 0 Å². The molecule has 0 unspecified atom stereocenters.